The maximum Gasteiger partial charge on any atom is 0.146 e. The normalized spacial score (nSPS) is 10.7. The third-order valence-electron chi connectivity index (χ3n) is 2.30. The Morgan fingerprint density at radius 2 is 2.11 bits per heavy atom. The van der Waals surface area contributed by atoms with E-state index < -0.39 is 8.07 Å². The summed E-state index contributed by atoms with van der Waals surface area (Å²) in [5.41, 5.74) is 5.28. The minimum absolute atomic E-state index is 0.485. The topological polar surface area (TPSA) is 22.1 Å². The van der Waals surface area contributed by atoms with Crippen LogP contribution >= 0.6 is 11.3 Å². The van der Waals surface area contributed by atoms with Crippen molar-refractivity contribution in [2.75, 3.05) is 0 Å². The van der Waals surface area contributed by atoms with Gasteiger partial charge in [-0.3, -0.25) is 4.98 Å². The van der Waals surface area contributed by atoms with Crippen LogP contribution in [0.15, 0.2) is 35.2 Å². The van der Waals surface area contributed by atoms with Gasteiger partial charge < -0.3 is 4.74 Å². The predicted molar refractivity (Wildman–Crippen MR) is 83.1 cm³/mol. The van der Waals surface area contributed by atoms with Gasteiger partial charge in [-0.15, -0.1) is 16.9 Å². The van der Waals surface area contributed by atoms with Gasteiger partial charge in [-0.05, 0) is 12.1 Å². The molecule has 0 saturated carbocycles. The summed E-state index contributed by atoms with van der Waals surface area (Å²) in [6.45, 7) is 7.20. The Bertz CT molecular complexity index is 590. The molecule has 0 aliphatic carbocycles. The molecule has 2 nitrogen and oxygen atoms in total. The second-order valence-electron chi connectivity index (χ2n) is 5.26. The smallest absolute Gasteiger partial charge is 0.146 e. The van der Waals surface area contributed by atoms with E-state index in [1.165, 1.54) is 0 Å². The van der Waals surface area contributed by atoms with Crippen molar-refractivity contribution in [3.8, 4) is 17.2 Å². The molecule has 98 valence electrons. The van der Waals surface area contributed by atoms with Gasteiger partial charge in [0.1, 0.15) is 20.4 Å². The molecular formula is C15H17NOSSi. The molecular weight excluding hydrogens is 270 g/mol. The van der Waals surface area contributed by atoms with Crippen LogP contribution in [0.3, 0.4) is 0 Å². The summed E-state index contributed by atoms with van der Waals surface area (Å²) >= 11 is 1.62. The van der Waals surface area contributed by atoms with E-state index in [1.807, 2.05) is 29.0 Å². The summed E-state index contributed by atoms with van der Waals surface area (Å²) in [5, 5.41) is 4.04. The molecule has 0 atom stereocenters. The van der Waals surface area contributed by atoms with Crippen molar-refractivity contribution in [3.63, 3.8) is 0 Å². The highest BCUT2D eigenvalue weighted by molar-refractivity contribution is 7.08. The maximum atomic E-state index is 5.79. The first-order valence-electron chi connectivity index (χ1n) is 6.17. The summed E-state index contributed by atoms with van der Waals surface area (Å²) in [6.07, 6.45) is 1.78. The fourth-order valence-electron chi connectivity index (χ4n) is 1.38. The molecule has 2 aromatic heterocycles. The van der Waals surface area contributed by atoms with Gasteiger partial charge >= 0.3 is 0 Å². The van der Waals surface area contributed by atoms with Crippen molar-refractivity contribution < 1.29 is 4.74 Å². The van der Waals surface area contributed by atoms with Gasteiger partial charge in [0.25, 0.3) is 0 Å². The molecule has 4 heteroatoms. The lowest BCUT2D eigenvalue weighted by atomic mass is 10.3. The van der Waals surface area contributed by atoms with Gasteiger partial charge in [0.05, 0.1) is 11.3 Å². The van der Waals surface area contributed by atoms with Crippen LogP contribution in [0.5, 0.6) is 5.75 Å². The lowest BCUT2D eigenvalue weighted by Gasteiger charge is -2.05. The van der Waals surface area contributed by atoms with Crippen LogP contribution in [-0.4, -0.2) is 13.1 Å². The molecule has 0 N–H and O–H groups in total. The van der Waals surface area contributed by atoms with E-state index in [4.69, 9.17) is 4.74 Å². The summed E-state index contributed by atoms with van der Waals surface area (Å²) in [4.78, 5) is 4.24. The fourth-order valence-corrected chi connectivity index (χ4v) is 2.59. The molecule has 2 heterocycles. The first-order valence-corrected chi connectivity index (χ1v) is 10.6. The molecule has 2 aromatic rings. The van der Waals surface area contributed by atoms with Crippen LogP contribution in [0.4, 0.5) is 0 Å². The van der Waals surface area contributed by atoms with E-state index in [9.17, 15) is 0 Å². The maximum absolute atomic E-state index is 5.79. The number of ether oxygens (including phenoxy) is 1. The van der Waals surface area contributed by atoms with Crippen molar-refractivity contribution in [1.29, 1.82) is 0 Å². The second kappa shape index (κ2) is 6.05. The van der Waals surface area contributed by atoms with E-state index in [-0.39, 0.29) is 0 Å². The summed E-state index contributed by atoms with van der Waals surface area (Å²) in [6, 6.07) is 5.82. The Hall–Kier alpha value is -1.57. The number of hydrogen-bond donors (Lipinski definition) is 0. The highest BCUT2D eigenvalue weighted by Crippen LogP contribution is 2.23. The highest BCUT2D eigenvalue weighted by atomic mass is 32.1. The van der Waals surface area contributed by atoms with Gasteiger partial charge in [-0.1, -0.05) is 31.6 Å². The number of pyridine rings is 1. The van der Waals surface area contributed by atoms with E-state index in [0.29, 0.717) is 6.61 Å². The van der Waals surface area contributed by atoms with Crippen molar-refractivity contribution in [2.45, 2.75) is 26.2 Å². The Morgan fingerprint density at radius 3 is 2.79 bits per heavy atom. The van der Waals surface area contributed by atoms with Crippen LogP contribution < -0.4 is 4.74 Å². The molecule has 0 aliphatic rings. The molecule has 0 amide bonds. The average Bonchev–Trinajstić information content (AvgIpc) is 2.82. The van der Waals surface area contributed by atoms with Crippen LogP contribution in [0, 0.1) is 11.5 Å². The molecule has 0 fully saturated rings. The second-order valence-corrected chi connectivity index (χ2v) is 10.8. The predicted octanol–water partition coefficient (Wildman–Crippen LogP) is 3.95. The fraction of sp³-hybridized carbons (Fsp3) is 0.267. The van der Waals surface area contributed by atoms with E-state index in [0.717, 1.165) is 17.0 Å². The first kappa shape index (κ1) is 13.8. The highest BCUT2D eigenvalue weighted by Gasteiger charge is 2.09. The summed E-state index contributed by atoms with van der Waals surface area (Å²) in [7, 11) is -1.35. The lowest BCUT2D eigenvalue weighted by molar-refractivity contribution is 0.302. The third-order valence-corrected chi connectivity index (χ3v) is 3.90. The van der Waals surface area contributed by atoms with Crippen LogP contribution in [-0.2, 0) is 6.61 Å². The van der Waals surface area contributed by atoms with E-state index in [1.54, 1.807) is 17.5 Å². The Balaban J connectivity index is 2.06. The standard InChI is InChI=1S/C15H17NOSSi/c1-19(2,3)9-7-13-11-18-12-15(13)17-10-14-6-4-5-8-16-14/h4-6,8,11-12H,10H2,1-3H3. The van der Waals surface area contributed by atoms with Gasteiger partial charge in [0.15, 0.2) is 0 Å². The lowest BCUT2D eigenvalue weighted by Crippen LogP contribution is -2.16. The summed E-state index contributed by atoms with van der Waals surface area (Å²) < 4.78 is 5.79. The number of rotatable bonds is 3. The van der Waals surface area contributed by atoms with E-state index >= 15 is 0 Å². The van der Waals surface area contributed by atoms with Crippen molar-refractivity contribution in [3.05, 3.63) is 46.4 Å². The minimum atomic E-state index is -1.35. The molecule has 0 spiro atoms. The zero-order valence-corrected chi connectivity index (χ0v) is 13.3. The van der Waals surface area contributed by atoms with Crippen molar-refractivity contribution in [1.82, 2.24) is 4.98 Å². The van der Waals surface area contributed by atoms with Gasteiger partial charge in [-0.25, -0.2) is 0 Å². The molecule has 2 rings (SSSR count). The third kappa shape index (κ3) is 4.55. The molecule has 0 radical (unpaired) electrons. The zero-order chi connectivity index (χ0) is 13.7. The number of nitrogens with zero attached hydrogens (tertiary/aromatic N) is 1. The molecule has 0 saturated heterocycles. The molecule has 0 aliphatic heterocycles. The quantitative estimate of drug-likeness (QED) is 0.630. The average molecular weight is 287 g/mol. The Labute approximate surface area is 119 Å². The van der Waals surface area contributed by atoms with Gasteiger partial charge in [0.2, 0.25) is 0 Å². The van der Waals surface area contributed by atoms with Gasteiger partial charge in [-0.2, -0.15) is 0 Å². The zero-order valence-electron chi connectivity index (χ0n) is 11.4. The van der Waals surface area contributed by atoms with Crippen LogP contribution in [0.2, 0.25) is 19.6 Å². The molecule has 0 unspecified atom stereocenters. The van der Waals surface area contributed by atoms with Crippen molar-refractivity contribution in [2.24, 2.45) is 0 Å². The number of hydrogen-bond acceptors (Lipinski definition) is 3. The monoisotopic (exact) mass is 287 g/mol. The van der Waals surface area contributed by atoms with Gasteiger partial charge in [0, 0.05) is 17.0 Å². The van der Waals surface area contributed by atoms with E-state index in [2.05, 4.69) is 36.1 Å². The summed E-state index contributed by atoms with van der Waals surface area (Å²) in [5.74, 6) is 4.11. The largest absolute Gasteiger partial charge is 0.485 e. The number of aromatic nitrogens is 1. The Kier molecular flexibility index (Phi) is 4.41. The first-order chi connectivity index (χ1) is 9.04. The minimum Gasteiger partial charge on any atom is -0.485 e. The molecule has 19 heavy (non-hydrogen) atoms. The van der Waals surface area contributed by atoms with Crippen LogP contribution in [0.1, 0.15) is 11.3 Å². The molecule has 0 bridgehead atoms. The Morgan fingerprint density at radius 1 is 1.26 bits per heavy atom. The SMILES string of the molecule is C[Si](C)(C)C#Cc1cscc1OCc1ccccn1. The number of thiophene rings is 1. The molecule has 0 aromatic carbocycles. The van der Waals surface area contributed by atoms with Crippen LogP contribution in [0.25, 0.3) is 0 Å². The van der Waals surface area contributed by atoms with Crippen molar-refractivity contribution >= 4 is 19.4 Å².